The zero-order valence-corrected chi connectivity index (χ0v) is 20.9. The summed E-state index contributed by atoms with van der Waals surface area (Å²) in [7, 11) is -2.24. The molecule has 3 N–H and O–H groups in total. The minimum absolute atomic E-state index is 0.0150. The lowest BCUT2D eigenvalue weighted by Crippen LogP contribution is -2.39. The Morgan fingerprint density at radius 2 is 1.77 bits per heavy atom. The van der Waals surface area contributed by atoms with E-state index in [0.717, 1.165) is 24.2 Å². The van der Waals surface area contributed by atoms with Crippen molar-refractivity contribution in [3.8, 4) is 5.75 Å². The molecule has 6 nitrogen and oxygen atoms in total. The molecule has 0 unspecified atom stereocenters. The summed E-state index contributed by atoms with van der Waals surface area (Å²) in [5.74, 6) is 0.736. The molecule has 7 heteroatoms. The van der Waals surface area contributed by atoms with Gasteiger partial charge in [0.25, 0.3) is 0 Å². The van der Waals surface area contributed by atoms with Crippen LogP contribution in [-0.4, -0.2) is 48.7 Å². The molecule has 1 amide bonds. The Kier molecular flexibility index (Phi) is 9.39. The molecule has 0 saturated carbocycles. The van der Waals surface area contributed by atoms with Crippen molar-refractivity contribution in [3.05, 3.63) is 29.8 Å². The van der Waals surface area contributed by atoms with E-state index >= 15 is 0 Å². The Labute approximate surface area is 183 Å². The van der Waals surface area contributed by atoms with E-state index in [1.807, 2.05) is 44.3 Å². The number of carbonyl (C=O) groups excluding carboxylic acids is 1. The Balaban J connectivity index is 2.62. The van der Waals surface area contributed by atoms with E-state index in [1.54, 1.807) is 20.8 Å². The second kappa shape index (κ2) is 10.6. The minimum Gasteiger partial charge on any atom is -0.490 e. The smallest absolute Gasteiger partial charge is 0.407 e. The lowest BCUT2D eigenvalue weighted by atomic mass is 10.0. The van der Waals surface area contributed by atoms with E-state index in [-0.39, 0.29) is 17.7 Å². The van der Waals surface area contributed by atoms with Crippen molar-refractivity contribution in [1.29, 1.82) is 0 Å². The molecule has 0 aliphatic heterocycles. The predicted molar refractivity (Wildman–Crippen MR) is 123 cm³/mol. The van der Waals surface area contributed by atoms with Gasteiger partial charge in [0.05, 0.1) is 12.2 Å². The zero-order chi connectivity index (χ0) is 23.2. The van der Waals surface area contributed by atoms with Crippen molar-refractivity contribution in [2.24, 2.45) is 0 Å². The van der Waals surface area contributed by atoms with Crippen LogP contribution in [0.15, 0.2) is 24.3 Å². The molecular formula is C23H41NO5Si. The molecule has 1 aromatic carbocycles. The van der Waals surface area contributed by atoms with E-state index in [4.69, 9.17) is 9.47 Å². The van der Waals surface area contributed by atoms with Crippen LogP contribution in [-0.2, 0) is 11.2 Å². The van der Waals surface area contributed by atoms with Gasteiger partial charge in [-0.1, -0.05) is 32.0 Å². The van der Waals surface area contributed by atoms with Gasteiger partial charge in [-0.3, -0.25) is 0 Å². The number of para-hydroxylation sites is 1. The summed E-state index contributed by atoms with van der Waals surface area (Å²) in [5, 5.41) is 12.9. The molecule has 0 aromatic heterocycles. The third-order valence-electron chi connectivity index (χ3n) is 5.47. The first-order valence-electron chi connectivity index (χ1n) is 10.7. The van der Waals surface area contributed by atoms with Gasteiger partial charge in [0.2, 0.25) is 0 Å². The monoisotopic (exact) mass is 439 g/mol. The molecule has 0 heterocycles. The third-order valence-corrected chi connectivity index (χ3v) is 9.03. The van der Waals surface area contributed by atoms with Crippen molar-refractivity contribution in [3.63, 3.8) is 0 Å². The number of amides is 1. The number of aliphatic hydroxyl groups is 1. The normalized spacial score (nSPS) is 14.7. The van der Waals surface area contributed by atoms with E-state index in [2.05, 4.69) is 19.2 Å². The maximum Gasteiger partial charge on any atom is 0.407 e. The summed E-state index contributed by atoms with van der Waals surface area (Å²) in [4.78, 5) is 22.2. The molecule has 30 heavy (non-hydrogen) atoms. The number of aliphatic hydroxyl groups excluding tert-OH is 1. The van der Waals surface area contributed by atoms with Gasteiger partial charge in [0, 0.05) is 13.0 Å². The van der Waals surface area contributed by atoms with Crippen molar-refractivity contribution in [1.82, 2.24) is 5.32 Å². The van der Waals surface area contributed by atoms with Crippen LogP contribution < -0.4 is 10.1 Å². The van der Waals surface area contributed by atoms with Crippen molar-refractivity contribution >= 4 is 14.4 Å². The standard InChI is InChI=1S/C23H41NO5Si/c1-17(13-14-23(5,6)30(7,8)27)28-20-12-10-9-11-18(20)15-19(25)16-24-21(26)29-22(2,3)4/h9-12,17,19,25,27H,13-16H2,1-8H3,(H,24,26)/t17-,19+/m1/s1. The lowest BCUT2D eigenvalue weighted by molar-refractivity contribution is 0.0491. The topological polar surface area (TPSA) is 88.0 Å². The fraction of sp³-hybridized carbons (Fsp3) is 0.696. The van der Waals surface area contributed by atoms with Gasteiger partial charge in [-0.05, 0) is 70.3 Å². The molecule has 1 aromatic rings. The van der Waals surface area contributed by atoms with Crippen LogP contribution in [0.2, 0.25) is 18.1 Å². The van der Waals surface area contributed by atoms with Crippen molar-refractivity contribution in [2.75, 3.05) is 6.54 Å². The largest absolute Gasteiger partial charge is 0.490 e. The van der Waals surface area contributed by atoms with Gasteiger partial charge in [-0.15, -0.1) is 0 Å². The SMILES string of the molecule is C[C@H](CCC(C)(C)[Si](C)(C)O)Oc1ccccc1C[C@H](O)CNC(=O)OC(C)(C)C. The second-order valence-electron chi connectivity index (χ2n) is 10.3. The van der Waals surface area contributed by atoms with Crippen LogP contribution in [0.5, 0.6) is 5.75 Å². The molecule has 0 radical (unpaired) electrons. The Bertz CT molecular complexity index is 679. The van der Waals surface area contributed by atoms with Crippen LogP contribution in [0.4, 0.5) is 4.79 Å². The third kappa shape index (κ3) is 9.49. The molecule has 0 bridgehead atoms. The predicted octanol–water partition coefficient (Wildman–Crippen LogP) is 4.64. The first-order chi connectivity index (χ1) is 13.6. The lowest BCUT2D eigenvalue weighted by Gasteiger charge is -2.35. The van der Waals surface area contributed by atoms with Gasteiger partial charge in [-0.25, -0.2) is 4.79 Å². The molecular weight excluding hydrogens is 398 g/mol. The number of benzene rings is 1. The molecule has 0 spiro atoms. The number of hydrogen-bond donors (Lipinski definition) is 3. The summed E-state index contributed by atoms with van der Waals surface area (Å²) >= 11 is 0. The van der Waals surface area contributed by atoms with Gasteiger partial charge in [0.15, 0.2) is 8.32 Å². The molecule has 0 aliphatic rings. The highest BCUT2D eigenvalue weighted by atomic mass is 28.4. The van der Waals surface area contributed by atoms with Crippen LogP contribution >= 0.6 is 0 Å². The van der Waals surface area contributed by atoms with E-state index in [0.29, 0.717) is 6.42 Å². The summed E-state index contributed by atoms with van der Waals surface area (Å²) in [6.07, 6.45) is 0.769. The summed E-state index contributed by atoms with van der Waals surface area (Å²) in [6, 6.07) is 7.64. The number of rotatable bonds is 10. The molecule has 0 fully saturated rings. The molecule has 0 aliphatic carbocycles. The fourth-order valence-corrected chi connectivity index (χ4v) is 3.53. The maximum atomic E-state index is 11.8. The minimum atomic E-state index is -2.24. The van der Waals surface area contributed by atoms with Crippen LogP contribution in [0.3, 0.4) is 0 Å². The first-order valence-corrected chi connectivity index (χ1v) is 13.7. The number of ether oxygens (including phenoxy) is 2. The van der Waals surface area contributed by atoms with Gasteiger partial charge < -0.3 is 24.7 Å². The Hall–Kier alpha value is -1.57. The van der Waals surface area contributed by atoms with Crippen molar-refractivity contribution in [2.45, 2.75) is 96.7 Å². The molecule has 0 saturated heterocycles. The quantitative estimate of drug-likeness (QED) is 0.462. The maximum absolute atomic E-state index is 11.8. The van der Waals surface area contributed by atoms with Gasteiger partial charge in [0.1, 0.15) is 11.4 Å². The fourth-order valence-electron chi connectivity index (χ4n) is 2.77. The van der Waals surface area contributed by atoms with E-state index in [9.17, 15) is 14.7 Å². The highest BCUT2D eigenvalue weighted by molar-refractivity contribution is 6.72. The van der Waals surface area contributed by atoms with Crippen LogP contribution in [0.25, 0.3) is 0 Å². The average Bonchev–Trinajstić information content (AvgIpc) is 2.57. The average molecular weight is 440 g/mol. The zero-order valence-electron chi connectivity index (χ0n) is 19.9. The summed E-state index contributed by atoms with van der Waals surface area (Å²) in [5.41, 5.74) is 0.312. The van der Waals surface area contributed by atoms with E-state index < -0.39 is 26.1 Å². The number of carbonyl (C=O) groups is 1. The van der Waals surface area contributed by atoms with Crippen molar-refractivity contribution < 1.29 is 24.2 Å². The molecule has 2 atom stereocenters. The number of alkyl carbamates (subject to hydrolysis) is 1. The second-order valence-corrected chi connectivity index (χ2v) is 14.7. The molecule has 172 valence electrons. The van der Waals surface area contributed by atoms with E-state index in [1.165, 1.54) is 0 Å². The summed E-state index contributed by atoms with van der Waals surface area (Å²) < 4.78 is 11.3. The summed E-state index contributed by atoms with van der Waals surface area (Å²) in [6.45, 7) is 15.7. The van der Waals surface area contributed by atoms with Gasteiger partial charge >= 0.3 is 6.09 Å². The van der Waals surface area contributed by atoms with Crippen LogP contribution in [0, 0.1) is 0 Å². The number of hydrogen-bond acceptors (Lipinski definition) is 5. The number of nitrogens with one attached hydrogen (secondary N) is 1. The van der Waals surface area contributed by atoms with Crippen LogP contribution in [0.1, 0.15) is 59.9 Å². The van der Waals surface area contributed by atoms with Gasteiger partial charge in [-0.2, -0.15) is 0 Å². The highest BCUT2D eigenvalue weighted by Crippen LogP contribution is 2.40. The molecule has 1 rings (SSSR count). The Morgan fingerprint density at radius 1 is 1.17 bits per heavy atom. The Morgan fingerprint density at radius 3 is 2.33 bits per heavy atom. The first kappa shape index (κ1) is 26.5. The highest BCUT2D eigenvalue weighted by Gasteiger charge is 2.37.